The molecule has 0 aliphatic carbocycles. The molecule has 0 aliphatic heterocycles. The molecule has 0 saturated heterocycles. The SMILES string of the molecule is Cn1c(Cn2cnc(Cl)c2Cl)nnc1SCC(=O)Nc1ccccc1C(F)(F)F. The second-order valence-electron chi connectivity index (χ2n) is 5.79. The van der Waals surface area contributed by atoms with Crippen LogP contribution in [0, 0.1) is 0 Å². The molecule has 2 heterocycles. The zero-order valence-electron chi connectivity index (χ0n) is 14.7. The van der Waals surface area contributed by atoms with Crippen molar-refractivity contribution in [3.8, 4) is 0 Å². The van der Waals surface area contributed by atoms with Gasteiger partial charge < -0.3 is 14.5 Å². The maximum Gasteiger partial charge on any atom is 0.418 e. The van der Waals surface area contributed by atoms with Crippen LogP contribution in [0.3, 0.4) is 0 Å². The van der Waals surface area contributed by atoms with Crippen LogP contribution in [-0.2, 0) is 24.6 Å². The first-order valence-electron chi connectivity index (χ1n) is 8.00. The number of hydrogen-bond donors (Lipinski definition) is 1. The topological polar surface area (TPSA) is 77.6 Å². The van der Waals surface area contributed by atoms with E-state index < -0.39 is 17.6 Å². The van der Waals surface area contributed by atoms with E-state index in [-0.39, 0.29) is 28.3 Å². The van der Waals surface area contributed by atoms with Crippen molar-refractivity contribution in [1.82, 2.24) is 24.3 Å². The molecule has 2 aromatic heterocycles. The molecule has 1 aromatic carbocycles. The Morgan fingerprint density at radius 3 is 2.62 bits per heavy atom. The van der Waals surface area contributed by atoms with Crippen LogP contribution < -0.4 is 5.32 Å². The molecule has 0 spiro atoms. The average molecular weight is 465 g/mol. The summed E-state index contributed by atoms with van der Waals surface area (Å²) in [5.41, 5.74) is -1.20. The van der Waals surface area contributed by atoms with Gasteiger partial charge in [-0.1, -0.05) is 47.1 Å². The summed E-state index contributed by atoms with van der Waals surface area (Å²) in [5.74, 6) is -0.206. The maximum absolute atomic E-state index is 13.0. The molecule has 13 heteroatoms. The first kappa shape index (κ1) is 21.5. The van der Waals surface area contributed by atoms with Gasteiger partial charge >= 0.3 is 6.18 Å². The highest BCUT2D eigenvalue weighted by Gasteiger charge is 2.33. The summed E-state index contributed by atoms with van der Waals surface area (Å²) in [7, 11) is 1.70. The van der Waals surface area contributed by atoms with Crippen molar-refractivity contribution in [2.45, 2.75) is 17.9 Å². The lowest BCUT2D eigenvalue weighted by atomic mass is 10.1. The van der Waals surface area contributed by atoms with Crippen LogP contribution in [0.4, 0.5) is 18.9 Å². The predicted molar refractivity (Wildman–Crippen MR) is 103 cm³/mol. The van der Waals surface area contributed by atoms with Gasteiger partial charge in [0.1, 0.15) is 5.15 Å². The van der Waals surface area contributed by atoms with Crippen molar-refractivity contribution in [2.75, 3.05) is 11.1 Å². The first-order chi connectivity index (χ1) is 13.7. The number of alkyl halides is 3. The second-order valence-corrected chi connectivity index (χ2v) is 7.45. The van der Waals surface area contributed by atoms with Crippen molar-refractivity contribution in [1.29, 1.82) is 0 Å². The van der Waals surface area contributed by atoms with Gasteiger partial charge in [-0.05, 0) is 12.1 Å². The number of halogens is 5. The molecule has 0 atom stereocenters. The molecule has 0 fully saturated rings. The number of carbonyl (C=O) groups is 1. The smallest absolute Gasteiger partial charge is 0.325 e. The van der Waals surface area contributed by atoms with Gasteiger partial charge in [-0.3, -0.25) is 4.79 Å². The van der Waals surface area contributed by atoms with Crippen LogP contribution in [0.15, 0.2) is 35.7 Å². The van der Waals surface area contributed by atoms with Gasteiger partial charge in [0.2, 0.25) is 5.91 Å². The van der Waals surface area contributed by atoms with Crippen molar-refractivity contribution >= 4 is 46.6 Å². The van der Waals surface area contributed by atoms with E-state index in [0.29, 0.717) is 11.0 Å². The number of benzene rings is 1. The first-order valence-corrected chi connectivity index (χ1v) is 9.74. The summed E-state index contributed by atoms with van der Waals surface area (Å²) >= 11 is 12.9. The van der Waals surface area contributed by atoms with Gasteiger partial charge in [-0.25, -0.2) is 4.98 Å². The van der Waals surface area contributed by atoms with Gasteiger partial charge in [-0.2, -0.15) is 13.2 Å². The Morgan fingerprint density at radius 2 is 1.97 bits per heavy atom. The van der Waals surface area contributed by atoms with Crippen LogP contribution in [0.1, 0.15) is 11.4 Å². The third-order valence-corrected chi connectivity index (χ3v) is 5.60. The van der Waals surface area contributed by atoms with E-state index in [0.717, 1.165) is 17.8 Å². The number of nitrogens with zero attached hydrogens (tertiary/aromatic N) is 5. The average Bonchev–Trinajstić information content (AvgIpc) is 3.17. The Hall–Kier alpha value is -2.24. The number of hydrogen-bond acceptors (Lipinski definition) is 5. The number of para-hydroxylation sites is 1. The fraction of sp³-hybridized carbons (Fsp3) is 0.250. The summed E-state index contributed by atoms with van der Waals surface area (Å²) in [4.78, 5) is 16.0. The quantitative estimate of drug-likeness (QED) is 0.555. The molecule has 3 aromatic rings. The monoisotopic (exact) mass is 464 g/mol. The molecule has 0 bridgehead atoms. The lowest BCUT2D eigenvalue weighted by Crippen LogP contribution is -2.18. The molecule has 3 rings (SSSR count). The Morgan fingerprint density at radius 1 is 1.24 bits per heavy atom. The highest BCUT2D eigenvalue weighted by Crippen LogP contribution is 2.34. The van der Waals surface area contributed by atoms with Crippen LogP contribution in [0.2, 0.25) is 10.3 Å². The van der Waals surface area contributed by atoms with E-state index >= 15 is 0 Å². The zero-order valence-corrected chi connectivity index (χ0v) is 17.1. The molecule has 7 nitrogen and oxygen atoms in total. The minimum absolute atomic E-state index is 0.143. The van der Waals surface area contributed by atoms with Gasteiger partial charge in [0.15, 0.2) is 16.1 Å². The van der Waals surface area contributed by atoms with E-state index in [1.165, 1.54) is 24.5 Å². The number of amides is 1. The third-order valence-electron chi connectivity index (χ3n) is 3.81. The predicted octanol–water partition coefficient (Wildman–Crippen LogP) is 4.12. The minimum Gasteiger partial charge on any atom is -0.325 e. The van der Waals surface area contributed by atoms with Crippen molar-refractivity contribution in [3.63, 3.8) is 0 Å². The largest absolute Gasteiger partial charge is 0.418 e. The van der Waals surface area contributed by atoms with E-state index in [9.17, 15) is 18.0 Å². The highest BCUT2D eigenvalue weighted by molar-refractivity contribution is 7.99. The van der Waals surface area contributed by atoms with E-state index in [1.807, 2.05) is 0 Å². The summed E-state index contributed by atoms with van der Waals surface area (Å²) in [6.45, 7) is 0.258. The molecule has 0 aliphatic rings. The van der Waals surface area contributed by atoms with Crippen molar-refractivity contribution < 1.29 is 18.0 Å². The van der Waals surface area contributed by atoms with Gasteiger partial charge in [-0.15, -0.1) is 10.2 Å². The van der Waals surface area contributed by atoms with Crippen molar-refractivity contribution in [2.24, 2.45) is 7.05 Å². The second kappa shape index (κ2) is 8.64. The molecule has 1 amide bonds. The summed E-state index contributed by atoms with van der Waals surface area (Å²) in [6, 6.07) is 4.78. The fourth-order valence-corrected chi connectivity index (χ4v) is 3.40. The Kier molecular flexibility index (Phi) is 6.39. The Labute approximate surface area is 177 Å². The number of nitrogens with one attached hydrogen (secondary N) is 1. The minimum atomic E-state index is -4.56. The lowest BCUT2D eigenvalue weighted by Gasteiger charge is -2.13. The van der Waals surface area contributed by atoms with Crippen LogP contribution in [-0.4, -0.2) is 36.0 Å². The summed E-state index contributed by atoms with van der Waals surface area (Å²) in [6.07, 6.45) is -3.11. The van der Waals surface area contributed by atoms with Gasteiger partial charge in [0.25, 0.3) is 0 Å². The van der Waals surface area contributed by atoms with E-state index in [4.69, 9.17) is 23.2 Å². The highest BCUT2D eigenvalue weighted by atomic mass is 35.5. The summed E-state index contributed by atoms with van der Waals surface area (Å²) < 4.78 is 42.3. The normalized spacial score (nSPS) is 11.7. The fourth-order valence-electron chi connectivity index (χ4n) is 2.37. The molecule has 0 unspecified atom stereocenters. The zero-order chi connectivity index (χ0) is 21.2. The molecule has 154 valence electrons. The number of rotatable bonds is 6. The molecule has 0 radical (unpaired) electrons. The molecular formula is C16H13Cl2F3N6OS. The number of aromatic nitrogens is 5. The standard InChI is InChI=1S/C16H13Cl2F3N6OS/c1-26-11(6-27-8-22-13(17)14(27)18)24-25-15(26)29-7-12(28)23-10-5-3-2-4-9(10)16(19,20)21/h2-5,8H,6-7H2,1H3,(H,23,28). The number of anilines is 1. The van der Waals surface area contributed by atoms with E-state index in [1.54, 1.807) is 16.2 Å². The number of carbonyl (C=O) groups excluding carboxylic acids is 1. The maximum atomic E-state index is 13.0. The molecule has 0 saturated carbocycles. The van der Waals surface area contributed by atoms with Gasteiger partial charge in [0.05, 0.1) is 29.9 Å². The van der Waals surface area contributed by atoms with Crippen LogP contribution in [0.25, 0.3) is 0 Å². The number of thioether (sulfide) groups is 1. The Balaban J connectivity index is 1.63. The van der Waals surface area contributed by atoms with Crippen LogP contribution in [0.5, 0.6) is 0 Å². The van der Waals surface area contributed by atoms with Gasteiger partial charge in [0, 0.05) is 7.05 Å². The lowest BCUT2D eigenvalue weighted by molar-refractivity contribution is -0.137. The third kappa shape index (κ3) is 5.03. The Bertz CT molecular complexity index is 1040. The molecule has 1 N–H and O–H groups in total. The van der Waals surface area contributed by atoms with Crippen molar-refractivity contribution in [3.05, 3.63) is 52.3 Å². The molecule has 29 heavy (non-hydrogen) atoms. The summed E-state index contributed by atoms with van der Waals surface area (Å²) in [5, 5.41) is 11.1. The van der Waals surface area contributed by atoms with E-state index in [2.05, 4.69) is 20.5 Å². The van der Waals surface area contributed by atoms with Crippen LogP contribution >= 0.6 is 35.0 Å². The molecular weight excluding hydrogens is 452 g/mol. The number of imidazole rings is 1.